The number of amides is 1. The molecular formula is C10H19NO2. The van der Waals surface area contributed by atoms with Crippen LogP contribution >= 0.6 is 0 Å². The van der Waals surface area contributed by atoms with Crippen molar-refractivity contribution in [3.05, 3.63) is 0 Å². The number of rotatable bonds is 3. The molecule has 0 spiro atoms. The molecule has 1 saturated heterocycles. The Morgan fingerprint density at radius 1 is 1.62 bits per heavy atom. The van der Waals surface area contributed by atoms with Crippen LogP contribution in [0.25, 0.3) is 0 Å². The molecule has 0 radical (unpaired) electrons. The Morgan fingerprint density at radius 3 is 2.62 bits per heavy atom. The summed E-state index contributed by atoms with van der Waals surface area (Å²) >= 11 is 0. The highest BCUT2D eigenvalue weighted by atomic mass is 16.3. The van der Waals surface area contributed by atoms with E-state index in [2.05, 4.69) is 20.8 Å². The molecule has 1 N–H and O–H groups in total. The quantitative estimate of drug-likeness (QED) is 0.713. The lowest BCUT2D eigenvalue weighted by atomic mass is 10.00. The normalized spacial score (nSPS) is 27.8. The predicted octanol–water partition coefficient (Wildman–Crippen LogP) is 1.01. The third-order valence-corrected chi connectivity index (χ3v) is 3.10. The Morgan fingerprint density at radius 2 is 2.23 bits per heavy atom. The van der Waals surface area contributed by atoms with E-state index in [9.17, 15) is 9.90 Å². The zero-order valence-corrected chi connectivity index (χ0v) is 8.66. The maximum atomic E-state index is 11.4. The first-order chi connectivity index (χ1) is 6.06. The van der Waals surface area contributed by atoms with E-state index in [0.29, 0.717) is 18.9 Å². The molecule has 1 fully saturated rings. The second-order valence-electron chi connectivity index (χ2n) is 4.03. The van der Waals surface area contributed by atoms with Gasteiger partial charge in [-0.3, -0.25) is 4.79 Å². The van der Waals surface area contributed by atoms with Crippen molar-refractivity contribution in [2.24, 2.45) is 5.92 Å². The fraction of sp³-hybridized carbons (Fsp3) is 0.900. The van der Waals surface area contributed by atoms with E-state index < -0.39 is 6.10 Å². The maximum absolute atomic E-state index is 11.4. The third kappa shape index (κ3) is 2.21. The summed E-state index contributed by atoms with van der Waals surface area (Å²) in [5.74, 6) is 0.606. The van der Waals surface area contributed by atoms with E-state index in [1.165, 1.54) is 0 Å². The molecule has 1 heterocycles. The molecule has 0 aliphatic carbocycles. The van der Waals surface area contributed by atoms with Crippen molar-refractivity contribution < 1.29 is 9.90 Å². The van der Waals surface area contributed by atoms with Crippen LogP contribution in [-0.4, -0.2) is 34.6 Å². The van der Waals surface area contributed by atoms with Crippen LogP contribution in [0.3, 0.4) is 0 Å². The van der Waals surface area contributed by atoms with E-state index in [-0.39, 0.29) is 11.9 Å². The van der Waals surface area contributed by atoms with Gasteiger partial charge in [-0.15, -0.1) is 0 Å². The summed E-state index contributed by atoms with van der Waals surface area (Å²) in [5, 5.41) is 9.31. The molecular weight excluding hydrogens is 166 g/mol. The molecule has 0 aromatic carbocycles. The van der Waals surface area contributed by atoms with Gasteiger partial charge in [-0.25, -0.2) is 0 Å². The number of nitrogens with zero attached hydrogens (tertiary/aromatic N) is 1. The lowest BCUT2D eigenvalue weighted by Crippen LogP contribution is -2.38. The van der Waals surface area contributed by atoms with E-state index in [1.54, 1.807) is 4.90 Å². The summed E-state index contributed by atoms with van der Waals surface area (Å²) < 4.78 is 0. The average molecular weight is 185 g/mol. The van der Waals surface area contributed by atoms with E-state index >= 15 is 0 Å². The molecule has 3 unspecified atom stereocenters. The monoisotopic (exact) mass is 185 g/mol. The molecule has 13 heavy (non-hydrogen) atoms. The number of likely N-dealkylation sites (tertiary alicyclic amines) is 1. The smallest absolute Gasteiger partial charge is 0.225 e. The largest absolute Gasteiger partial charge is 0.391 e. The Bertz CT molecular complexity index is 193. The van der Waals surface area contributed by atoms with Crippen LogP contribution in [0.1, 0.15) is 33.6 Å². The number of hydrogen-bond donors (Lipinski definition) is 1. The number of carbonyl (C=O) groups excluding carboxylic acids is 1. The van der Waals surface area contributed by atoms with Gasteiger partial charge in [-0.05, 0) is 12.8 Å². The van der Waals surface area contributed by atoms with Crippen molar-refractivity contribution in [3.63, 3.8) is 0 Å². The molecule has 0 saturated carbocycles. The van der Waals surface area contributed by atoms with Gasteiger partial charge in [0.1, 0.15) is 0 Å². The first kappa shape index (κ1) is 10.5. The van der Waals surface area contributed by atoms with Gasteiger partial charge in [-0.1, -0.05) is 20.3 Å². The van der Waals surface area contributed by atoms with Crippen LogP contribution in [0.2, 0.25) is 0 Å². The second-order valence-corrected chi connectivity index (χ2v) is 4.03. The van der Waals surface area contributed by atoms with Gasteiger partial charge >= 0.3 is 0 Å². The Hall–Kier alpha value is -0.570. The third-order valence-electron chi connectivity index (χ3n) is 3.10. The Balaban J connectivity index is 2.56. The highest BCUT2D eigenvalue weighted by molar-refractivity contribution is 5.79. The van der Waals surface area contributed by atoms with E-state index in [1.807, 2.05) is 0 Å². The van der Waals surface area contributed by atoms with Crippen molar-refractivity contribution in [1.29, 1.82) is 0 Å². The zero-order valence-electron chi connectivity index (χ0n) is 8.66. The van der Waals surface area contributed by atoms with Gasteiger partial charge in [0.15, 0.2) is 0 Å². The minimum atomic E-state index is -0.445. The molecule has 0 aromatic rings. The molecule has 1 rings (SSSR count). The molecule has 3 nitrogen and oxygen atoms in total. The average Bonchev–Trinajstić information content (AvgIpc) is 2.42. The van der Waals surface area contributed by atoms with Gasteiger partial charge in [0.2, 0.25) is 5.91 Å². The highest BCUT2D eigenvalue weighted by Gasteiger charge is 2.32. The molecule has 76 valence electrons. The van der Waals surface area contributed by atoms with Gasteiger partial charge in [0.25, 0.3) is 0 Å². The number of β-amino-alcohol motifs (C(OH)–C–C–N with tert-alkyl or cyclic N) is 1. The van der Waals surface area contributed by atoms with E-state index in [0.717, 1.165) is 6.42 Å². The fourth-order valence-electron chi connectivity index (χ4n) is 1.75. The van der Waals surface area contributed by atoms with Crippen molar-refractivity contribution in [2.45, 2.75) is 45.8 Å². The number of aliphatic hydroxyl groups is 1. The van der Waals surface area contributed by atoms with Crippen LogP contribution < -0.4 is 0 Å². The fourth-order valence-corrected chi connectivity index (χ4v) is 1.75. The first-order valence-electron chi connectivity index (χ1n) is 5.03. The van der Waals surface area contributed by atoms with E-state index in [4.69, 9.17) is 0 Å². The molecule has 1 aliphatic rings. The predicted molar refractivity (Wildman–Crippen MR) is 51.3 cm³/mol. The SMILES string of the molecule is CCC(C)C(C)N1CC(O)CC1=O. The van der Waals surface area contributed by atoms with Crippen molar-refractivity contribution in [3.8, 4) is 0 Å². The van der Waals surface area contributed by atoms with Crippen molar-refractivity contribution in [2.75, 3.05) is 6.54 Å². The minimum absolute atomic E-state index is 0.0975. The first-order valence-corrected chi connectivity index (χ1v) is 5.03. The second kappa shape index (κ2) is 4.09. The summed E-state index contributed by atoms with van der Waals surface area (Å²) in [6, 6.07) is 0.259. The molecule has 1 amide bonds. The van der Waals surface area contributed by atoms with Crippen molar-refractivity contribution in [1.82, 2.24) is 4.90 Å². The summed E-state index contributed by atoms with van der Waals surface area (Å²) in [5.41, 5.74) is 0. The summed E-state index contributed by atoms with van der Waals surface area (Å²) in [4.78, 5) is 13.2. The van der Waals surface area contributed by atoms with Crippen LogP contribution in [0, 0.1) is 5.92 Å². The number of hydrogen-bond acceptors (Lipinski definition) is 2. The molecule has 3 heteroatoms. The molecule has 1 aliphatic heterocycles. The molecule has 3 atom stereocenters. The summed E-state index contributed by atoms with van der Waals surface area (Å²) in [6.07, 6.45) is 0.931. The van der Waals surface area contributed by atoms with Gasteiger partial charge < -0.3 is 10.0 Å². The Kier molecular flexibility index (Phi) is 3.31. The number of aliphatic hydroxyl groups excluding tert-OH is 1. The van der Waals surface area contributed by atoms with Gasteiger partial charge in [0, 0.05) is 12.6 Å². The van der Waals surface area contributed by atoms with Crippen LogP contribution in [0.4, 0.5) is 0 Å². The summed E-state index contributed by atoms with van der Waals surface area (Å²) in [6.45, 7) is 6.84. The zero-order chi connectivity index (χ0) is 10.0. The molecule has 0 bridgehead atoms. The van der Waals surface area contributed by atoms with Gasteiger partial charge in [-0.2, -0.15) is 0 Å². The lowest BCUT2D eigenvalue weighted by molar-refractivity contribution is -0.130. The van der Waals surface area contributed by atoms with Crippen LogP contribution in [0.5, 0.6) is 0 Å². The summed E-state index contributed by atoms with van der Waals surface area (Å²) in [7, 11) is 0. The number of carbonyl (C=O) groups is 1. The standard InChI is InChI=1S/C10H19NO2/c1-4-7(2)8(3)11-6-9(12)5-10(11)13/h7-9,12H,4-6H2,1-3H3. The maximum Gasteiger partial charge on any atom is 0.225 e. The van der Waals surface area contributed by atoms with Crippen LogP contribution in [0.15, 0.2) is 0 Å². The Labute approximate surface area is 79.7 Å². The molecule has 0 aromatic heterocycles. The van der Waals surface area contributed by atoms with Crippen molar-refractivity contribution >= 4 is 5.91 Å². The highest BCUT2D eigenvalue weighted by Crippen LogP contribution is 2.20. The van der Waals surface area contributed by atoms with Crippen LogP contribution in [-0.2, 0) is 4.79 Å². The topological polar surface area (TPSA) is 40.5 Å². The van der Waals surface area contributed by atoms with Gasteiger partial charge in [0.05, 0.1) is 12.5 Å². The lowest BCUT2D eigenvalue weighted by Gasteiger charge is -2.28. The minimum Gasteiger partial charge on any atom is -0.391 e.